The van der Waals surface area contributed by atoms with Crippen molar-refractivity contribution in [1.82, 2.24) is 0 Å². The average Bonchev–Trinajstić information content (AvgIpc) is 2.65. The fourth-order valence-electron chi connectivity index (χ4n) is 3.88. The summed E-state index contributed by atoms with van der Waals surface area (Å²) in [5, 5.41) is 10.5. The Kier molecular flexibility index (Phi) is 4.74. The summed E-state index contributed by atoms with van der Waals surface area (Å²) >= 11 is 0. The number of ether oxygens (including phenoxy) is 3. The van der Waals surface area contributed by atoms with E-state index < -0.39 is 0 Å². The molecule has 0 bridgehead atoms. The molecule has 0 spiro atoms. The molecule has 0 fully saturated rings. The summed E-state index contributed by atoms with van der Waals surface area (Å²) in [5.74, 6) is 2.76. The number of aryl methyl sites for hydroxylation is 1. The van der Waals surface area contributed by atoms with Crippen molar-refractivity contribution in [2.75, 3.05) is 13.2 Å². The van der Waals surface area contributed by atoms with Gasteiger partial charge in [0.25, 0.3) is 0 Å². The Balaban J connectivity index is 1.70. The number of phenols is 1. The maximum Gasteiger partial charge on any atom is 0.134 e. The van der Waals surface area contributed by atoms with Crippen LogP contribution >= 0.6 is 0 Å². The molecule has 2 aromatic carbocycles. The van der Waals surface area contributed by atoms with Gasteiger partial charge in [0.15, 0.2) is 0 Å². The zero-order chi connectivity index (χ0) is 19.9. The molecule has 1 N–H and O–H groups in total. The average molecular weight is 380 g/mol. The minimum Gasteiger partial charge on any atom is -0.507 e. The Morgan fingerprint density at radius 2 is 2.04 bits per heavy atom. The van der Waals surface area contributed by atoms with Crippen LogP contribution in [0.15, 0.2) is 24.3 Å². The number of benzene rings is 2. The van der Waals surface area contributed by atoms with Crippen molar-refractivity contribution in [3.05, 3.63) is 46.5 Å². The van der Waals surface area contributed by atoms with E-state index in [1.54, 1.807) is 6.07 Å². The van der Waals surface area contributed by atoms with Crippen LogP contribution in [-0.4, -0.2) is 23.9 Å². The number of phenolic OH excluding ortho intramolecular Hbond substituents is 1. The quantitative estimate of drug-likeness (QED) is 0.758. The van der Waals surface area contributed by atoms with Crippen molar-refractivity contribution in [2.24, 2.45) is 0 Å². The third kappa shape index (κ3) is 3.44. The minimum atomic E-state index is -0.142. The molecule has 2 aliphatic heterocycles. The molecular weight excluding hydrogens is 352 g/mol. The number of hydrogen-bond donors (Lipinski definition) is 1. The SMILES string of the molecule is CCCOc1ccc(C2=Cc3c(C)cc4c(c3OC2)CCC(C)(C)O4)c(O)c1. The van der Waals surface area contributed by atoms with Crippen LogP contribution in [0.3, 0.4) is 0 Å². The monoisotopic (exact) mass is 380 g/mol. The second-order valence-electron chi connectivity index (χ2n) is 8.26. The molecule has 0 radical (unpaired) electrons. The molecule has 0 atom stereocenters. The van der Waals surface area contributed by atoms with Gasteiger partial charge < -0.3 is 19.3 Å². The van der Waals surface area contributed by atoms with E-state index in [2.05, 4.69) is 39.8 Å². The van der Waals surface area contributed by atoms with Gasteiger partial charge >= 0.3 is 0 Å². The van der Waals surface area contributed by atoms with Crippen molar-refractivity contribution >= 4 is 11.6 Å². The molecule has 2 heterocycles. The number of fused-ring (bicyclic) bond motifs is 3. The van der Waals surface area contributed by atoms with Gasteiger partial charge in [-0.15, -0.1) is 0 Å². The Hall–Kier alpha value is -2.62. The Bertz CT molecular complexity index is 940. The third-order valence-electron chi connectivity index (χ3n) is 5.43. The maximum absolute atomic E-state index is 10.5. The van der Waals surface area contributed by atoms with Crippen molar-refractivity contribution in [2.45, 2.75) is 52.6 Å². The molecule has 4 nitrogen and oxygen atoms in total. The predicted octanol–water partition coefficient (Wildman–Crippen LogP) is 5.53. The lowest BCUT2D eigenvalue weighted by atomic mass is 9.89. The van der Waals surface area contributed by atoms with E-state index in [4.69, 9.17) is 14.2 Å². The topological polar surface area (TPSA) is 47.9 Å². The highest BCUT2D eigenvalue weighted by Crippen LogP contribution is 2.45. The van der Waals surface area contributed by atoms with E-state index in [1.165, 1.54) is 0 Å². The van der Waals surface area contributed by atoms with E-state index in [1.807, 2.05) is 12.1 Å². The molecule has 148 valence electrons. The summed E-state index contributed by atoms with van der Waals surface area (Å²) < 4.78 is 18.0. The van der Waals surface area contributed by atoms with Gasteiger partial charge in [-0.1, -0.05) is 6.92 Å². The maximum atomic E-state index is 10.5. The van der Waals surface area contributed by atoms with E-state index in [0.29, 0.717) is 19.0 Å². The standard InChI is InChI=1S/C24H28O4/c1-5-10-26-17-6-7-18(21(25)13-17)16-12-20-15(2)11-22-19(23(20)27-14-16)8-9-24(3,4)28-22/h6-7,11-13,25H,5,8-10,14H2,1-4H3. The molecule has 0 aliphatic carbocycles. The third-order valence-corrected chi connectivity index (χ3v) is 5.43. The Labute approximate surface area is 166 Å². The fourth-order valence-corrected chi connectivity index (χ4v) is 3.88. The first-order valence-corrected chi connectivity index (χ1v) is 10.0. The molecule has 2 aromatic rings. The zero-order valence-electron chi connectivity index (χ0n) is 17.1. The highest BCUT2D eigenvalue weighted by atomic mass is 16.5. The summed E-state index contributed by atoms with van der Waals surface area (Å²) in [7, 11) is 0. The van der Waals surface area contributed by atoms with E-state index >= 15 is 0 Å². The second-order valence-corrected chi connectivity index (χ2v) is 8.26. The molecule has 0 saturated heterocycles. The van der Waals surface area contributed by atoms with Crippen LogP contribution in [0.5, 0.6) is 23.0 Å². The number of rotatable bonds is 4. The van der Waals surface area contributed by atoms with E-state index in [0.717, 1.165) is 58.6 Å². The van der Waals surface area contributed by atoms with Gasteiger partial charge in [-0.05, 0) is 69.9 Å². The lowest BCUT2D eigenvalue weighted by Gasteiger charge is -2.35. The van der Waals surface area contributed by atoms with E-state index in [-0.39, 0.29) is 11.4 Å². The van der Waals surface area contributed by atoms with Crippen molar-refractivity contribution in [3.8, 4) is 23.0 Å². The molecule has 28 heavy (non-hydrogen) atoms. The summed E-state index contributed by atoms with van der Waals surface area (Å²) in [6, 6.07) is 7.59. The first kappa shape index (κ1) is 18.7. The predicted molar refractivity (Wildman–Crippen MR) is 111 cm³/mol. The Morgan fingerprint density at radius 1 is 1.21 bits per heavy atom. The molecular formula is C24H28O4. The lowest BCUT2D eigenvalue weighted by molar-refractivity contribution is 0.0833. The molecule has 4 rings (SSSR count). The first-order chi connectivity index (χ1) is 13.4. The van der Waals surface area contributed by atoms with Crippen molar-refractivity contribution < 1.29 is 19.3 Å². The molecule has 0 amide bonds. The molecule has 4 heteroatoms. The van der Waals surface area contributed by atoms with Crippen LogP contribution in [0.1, 0.15) is 55.9 Å². The summed E-state index contributed by atoms with van der Waals surface area (Å²) in [4.78, 5) is 0. The van der Waals surface area contributed by atoms with Crippen LogP contribution in [0.4, 0.5) is 0 Å². The van der Waals surface area contributed by atoms with Gasteiger partial charge in [0.05, 0.1) is 6.61 Å². The summed E-state index contributed by atoms with van der Waals surface area (Å²) in [5.41, 5.74) is 4.95. The van der Waals surface area contributed by atoms with Gasteiger partial charge in [0.1, 0.15) is 35.2 Å². The lowest BCUT2D eigenvalue weighted by Crippen LogP contribution is -2.33. The van der Waals surface area contributed by atoms with Crippen LogP contribution in [0.25, 0.3) is 11.6 Å². The second kappa shape index (κ2) is 7.08. The number of hydrogen-bond acceptors (Lipinski definition) is 4. The first-order valence-electron chi connectivity index (χ1n) is 10.0. The molecule has 0 saturated carbocycles. The van der Waals surface area contributed by atoms with Crippen molar-refractivity contribution in [3.63, 3.8) is 0 Å². The molecule has 0 aromatic heterocycles. The Morgan fingerprint density at radius 3 is 2.79 bits per heavy atom. The summed E-state index contributed by atoms with van der Waals surface area (Å²) in [6.07, 6.45) is 4.98. The van der Waals surface area contributed by atoms with Gasteiger partial charge in [0.2, 0.25) is 0 Å². The fraction of sp³-hybridized carbons (Fsp3) is 0.417. The highest BCUT2D eigenvalue weighted by Gasteiger charge is 2.31. The van der Waals surface area contributed by atoms with Gasteiger partial charge in [-0.25, -0.2) is 0 Å². The van der Waals surface area contributed by atoms with Crippen molar-refractivity contribution in [1.29, 1.82) is 0 Å². The van der Waals surface area contributed by atoms with Crippen LogP contribution in [0, 0.1) is 6.92 Å². The van der Waals surface area contributed by atoms with E-state index in [9.17, 15) is 5.11 Å². The van der Waals surface area contributed by atoms with Gasteiger partial charge in [0, 0.05) is 28.3 Å². The summed E-state index contributed by atoms with van der Waals surface area (Å²) in [6.45, 7) is 9.45. The highest BCUT2D eigenvalue weighted by molar-refractivity contribution is 5.89. The van der Waals surface area contributed by atoms with Crippen LogP contribution in [-0.2, 0) is 6.42 Å². The minimum absolute atomic E-state index is 0.142. The van der Waals surface area contributed by atoms with Crippen LogP contribution < -0.4 is 14.2 Å². The van der Waals surface area contributed by atoms with Gasteiger partial charge in [-0.2, -0.15) is 0 Å². The molecule has 2 aliphatic rings. The smallest absolute Gasteiger partial charge is 0.134 e. The number of aromatic hydroxyl groups is 1. The normalized spacial score (nSPS) is 16.9. The largest absolute Gasteiger partial charge is 0.507 e. The van der Waals surface area contributed by atoms with Crippen LogP contribution in [0.2, 0.25) is 0 Å². The zero-order valence-corrected chi connectivity index (χ0v) is 17.1. The molecule has 0 unspecified atom stereocenters. The van der Waals surface area contributed by atoms with Gasteiger partial charge in [-0.3, -0.25) is 0 Å².